The molecule has 1 atom stereocenters. The Hall–Kier alpha value is -1.92. The van der Waals surface area contributed by atoms with Gasteiger partial charge in [0.2, 0.25) is 11.8 Å². The number of amides is 2. The molecule has 1 aliphatic rings. The second kappa shape index (κ2) is 6.02. The molecule has 0 saturated carbocycles. The van der Waals surface area contributed by atoms with Crippen molar-refractivity contribution in [2.75, 3.05) is 13.7 Å². The topological polar surface area (TPSA) is 84.7 Å². The van der Waals surface area contributed by atoms with Crippen molar-refractivity contribution in [1.29, 1.82) is 0 Å². The highest BCUT2D eigenvalue weighted by atomic mass is 16.5. The van der Waals surface area contributed by atoms with E-state index in [0.717, 1.165) is 16.9 Å². The second-order valence-electron chi connectivity index (χ2n) is 4.84. The standard InChI is InChI=1S/C14H19N3O3/c1-9-14(19)16-13(18)8-17(9)7-11-5-10(6-15)3-4-12(11)20-2/h3-5,9H,6-8,15H2,1-2H3,(H,16,18,19). The smallest absolute Gasteiger partial charge is 0.243 e. The lowest BCUT2D eigenvalue weighted by molar-refractivity contribution is -0.139. The molecule has 0 aromatic heterocycles. The predicted molar refractivity (Wildman–Crippen MR) is 73.9 cm³/mol. The molecule has 108 valence electrons. The average Bonchev–Trinajstić information content (AvgIpc) is 2.44. The van der Waals surface area contributed by atoms with Crippen LogP contribution in [-0.4, -0.2) is 36.4 Å². The highest BCUT2D eigenvalue weighted by molar-refractivity contribution is 6.00. The van der Waals surface area contributed by atoms with Crippen LogP contribution < -0.4 is 15.8 Å². The van der Waals surface area contributed by atoms with Crippen LogP contribution in [0.2, 0.25) is 0 Å². The Labute approximate surface area is 117 Å². The van der Waals surface area contributed by atoms with E-state index < -0.39 is 0 Å². The lowest BCUT2D eigenvalue weighted by Crippen LogP contribution is -2.56. The summed E-state index contributed by atoms with van der Waals surface area (Å²) in [6.45, 7) is 2.88. The van der Waals surface area contributed by atoms with Crippen molar-refractivity contribution in [3.05, 3.63) is 29.3 Å². The van der Waals surface area contributed by atoms with Gasteiger partial charge in [-0.3, -0.25) is 19.8 Å². The Morgan fingerprint density at radius 1 is 1.45 bits per heavy atom. The van der Waals surface area contributed by atoms with Gasteiger partial charge in [-0.2, -0.15) is 0 Å². The zero-order chi connectivity index (χ0) is 14.7. The summed E-state index contributed by atoms with van der Waals surface area (Å²) < 4.78 is 5.32. The van der Waals surface area contributed by atoms with Gasteiger partial charge in [0, 0.05) is 18.7 Å². The number of ether oxygens (including phenoxy) is 1. The fraction of sp³-hybridized carbons (Fsp3) is 0.429. The molecule has 1 aromatic carbocycles. The highest BCUT2D eigenvalue weighted by Gasteiger charge is 2.30. The summed E-state index contributed by atoms with van der Waals surface area (Å²) in [5.74, 6) is 0.185. The number of hydrogen-bond acceptors (Lipinski definition) is 5. The second-order valence-corrected chi connectivity index (χ2v) is 4.84. The molecule has 0 radical (unpaired) electrons. The number of nitrogens with one attached hydrogen (secondary N) is 1. The lowest BCUT2D eigenvalue weighted by atomic mass is 10.1. The molecule has 1 aliphatic heterocycles. The molecule has 1 fully saturated rings. The van der Waals surface area contributed by atoms with Gasteiger partial charge in [0.1, 0.15) is 5.75 Å². The highest BCUT2D eigenvalue weighted by Crippen LogP contribution is 2.23. The minimum Gasteiger partial charge on any atom is -0.496 e. The zero-order valence-electron chi connectivity index (χ0n) is 11.7. The molecule has 20 heavy (non-hydrogen) atoms. The molecule has 6 heteroatoms. The van der Waals surface area contributed by atoms with Gasteiger partial charge in [-0.05, 0) is 24.6 Å². The first-order chi connectivity index (χ1) is 9.55. The quantitative estimate of drug-likeness (QED) is 0.757. The third-order valence-electron chi connectivity index (χ3n) is 3.49. The molecule has 6 nitrogen and oxygen atoms in total. The van der Waals surface area contributed by atoms with E-state index in [4.69, 9.17) is 10.5 Å². The van der Waals surface area contributed by atoms with Gasteiger partial charge in [0.05, 0.1) is 19.7 Å². The maximum atomic E-state index is 11.7. The van der Waals surface area contributed by atoms with Crippen LogP contribution in [-0.2, 0) is 22.7 Å². The number of nitrogens with two attached hydrogens (primary N) is 1. The Morgan fingerprint density at radius 2 is 2.20 bits per heavy atom. The molecule has 1 unspecified atom stereocenters. The van der Waals surface area contributed by atoms with Gasteiger partial charge < -0.3 is 10.5 Å². The summed E-state index contributed by atoms with van der Waals surface area (Å²) in [6, 6.07) is 5.36. The Balaban J connectivity index is 2.23. The number of carbonyl (C=O) groups is 2. The first kappa shape index (κ1) is 14.5. The SMILES string of the molecule is COc1ccc(CN)cc1CN1CC(=O)NC(=O)C1C. The van der Waals surface area contributed by atoms with Crippen molar-refractivity contribution in [2.24, 2.45) is 5.73 Å². The van der Waals surface area contributed by atoms with Crippen molar-refractivity contribution in [2.45, 2.75) is 26.1 Å². The van der Waals surface area contributed by atoms with E-state index in [2.05, 4.69) is 5.32 Å². The van der Waals surface area contributed by atoms with Crippen LogP contribution in [0.25, 0.3) is 0 Å². The number of benzene rings is 1. The first-order valence-electron chi connectivity index (χ1n) is 6.48. The molecule has 2 amide bonds. The number of piperazine rings is 1. The van der Waals surface area contributed by atoms with E-state index in [-0.39, 0.29) is 24.4 Å². The minimum atomic E-state index is -0.348. The average molecular weight is 277 g/mol. The molecular formula is C14H19N3O3. The summed E-state index contributed by atoms with van der Waals surface area (Å²) >= 11 is 0. The van der Waals surface area contributed by atoms with Crippen molar-refractivity contribution in [3.8, 4) is 5.75 Å². The molecule has 1 aromatic rings. The van der Waals surface area contributed by atoms with Crippen LogP contribution in [0.1, 0.15) is 18.1 Å². The number of nitrogens with zero attached hydrogens (tertiary/aromatic N) is 1. The Kier molecular flexibility index (Phi) is 4.36. The zero-order valence-corrected chi connectivity index (χ0v) is 11.7. The number of rotatable bonds is 4. The lowest BCUT2D eigenvalue weighted by Gasteiger charge is -2.31. The monoisotopic (exact) mass is 277 g/mol. The van der Waals surface area contributed by atoms with Gasteiger partial charge in [-0.25, -0.2) is 0 Å². The third-order valence-corrected chi connectivity index (χ3v) is 3.49. The first-order valence-corrected chi connectivity index (χ1v) is 6.48. The fourth-order valence-electron chi connectivity index (χ4n) is 2.26. The van der Waals surface area contributed by atoms with E-state index in [0.29, 0.717) is 13.1 Å². The third kappa shape index (κ3) is 2.97. The largest absolute Gasteiger partial charge is 0.496 e. The maximum absolute atomic E-state index is 11.7. The van der Waals surface area contributed by atoms with Crippen LogP contribution in [0.4, 0.5) is 0 Å². The number of hydrogen-bond donors (Lipinski definition) is 2. The van der Waals surface area contributed by atoms with Crippen LogP contribution in [0.5, 0.6) is 5.75 Å². The summed E-state index contributed by atoms with van der Waals surface area (Å²) in [5.41, 5.74) is 7.55. The van der Waals surface area contributed by atoms with Gasteiger partial charge in [-0.1, -0.05) is 6.07 Å². The number of imide groups is 1. The minimum absolute atomic E-state index is 0.197. The van der Waals surface area contributed by atoms with E-state index >= 15 is 0 Å². The van der Waals surface area contributed by atoms with E-state index in [1.807, 2.05) is 23.1 Å². The van der Waals surface area contributed by atoms with Crippen molar-refractivity contribution in [1.82, 2.24) is 10.2 Å². The Morgan fingerprint density at radius 3 is 2.85 bits per heavy atom. The Bertz CT molecular complexity index is 530. The maximum Gasteiger partial charge on any atom is 0.243 e. The van der Waals surface area contributed by atoms with Crippen LogP contribution in [0.3, 0.4) is 0 Å². The van der Waals surface area contributed by atoms with Crippen molar-refractivity contribution >= 4 is 11.8 Å². The number of carbonyl (C=O) groups excluding carboxylic acids is 2. The van der Waals surface area contributed by atoms with Crippen molar-refractivity contribution in [3.63, 3.8) is 0 Å². The number of methoxy groups -OCH3 is 1. The van der Waals surface area contributed by atoms with E-state index in [1.54, 1.807) is 14.0 Å². The summed E-state index contributed by atoms with van der Waals surface area (Å²) in [7, 11) is 1.60. The molecule has 0 bridgehead atoms. The molecule has 0 aliphatic carbocycles. The van der Waals surface area contributed by atoms with Crippen LogP contribution in [0.15, 0.2) is 18.2 Å². The molecule has 1 saturated heterocycles. The van der Waals surface area contributed by atoms with Crippen LogP contribution >= 0.6 is 0 Å². The molecular weight excluding hydrogens is 258 g/mol. The molecule has 2 rings (SSSR count). The van der Waals surface area contributed by atoms with Crippen molar-refractivity contribution < 1.29 is 14.3 Å². The van der Waals surface area contributed by atoms with Crippen LogP contribution in [0, 0.1) is 0 Å². The summed E-state index contributed by atoms with van der Waals surface area (Å²) in [4.78, 5) is 24.9. The van der Waals surface area contributed by atoms with E-state index in [9.17, 15) is 9.59 Å². The summed E-state index contributed by atoms with van der Waals surface area (Å²) in [5, 5.41) is 2.33. The summed E-state index contributed by atoms with van der Waals surface area (Å²) in [6.07, 6.45) is 0. The molecule has 1 heterocycles. The van der Waals surface area contributed by atoms with Gasteiger partial charge in [0.15, 0.2) is 0 Å². The normalized spacial score (nSPS) is 19.9. The molecule has 0 spiro atoms. The van der Waals surface area contributed by atoms with Gasteiger partial charge in [-0.15, -0.1) is 0 Å². The molecule has 3 N–H and O–H groups in total. The van der Waals surface area contributed by atoms with Gasteiger partial charge >= 0.3 is 0 Å². The van der Waals surface area contributed by atoms with Gasteiger partial charge in [0.25, 0.3) is 0 Å². The predicted octanol–water partition coefficient (Wildman–Crippen LogP) is 0.000800. The van der Waals surface area contributed by atoms with E-state index in [1.165, 1.54) is 0 Å². The fourth-order valence-corrected chi connectivity index (χ4v) is 2.26.